The second-order valence-electron chi connectivity index (χ2n) is 6.13. The molecule has 3 heterocycles. The third-order valence-electron chi connectivity index (χ3n) is 3.64. The molecule has 0 aromatic carbocycles. The Labute approximate surface area is 127 Å². The number of thioether (sulfide) groups is 1. The van der Waals surface area contributed by atoms with Crippen molar-refractivity contribution in [2.75, 3.05) is 18.8 Å². The molecule has 0 spiro atoms. The third-order valence-corrected chi connectivity index (χ3v) is 4.61. The largest absolute Gasteiger partial charge is 0.369 e. The number of fused-ring (bicyclic) bond motifs is 1. The summed E-state index contributed by atoms with van der Waals surface area (Å²) >= 11 is 1.55. The van der Waals surface area contributed by atoms with Crippen molar-refractivity contribution in [3.05, 3.63) is 22.1 Å². The zero-order valence-electron chi connectivity index (χ0n) is 12.5. The van der Waals surface area contributed by atoms with E-state index in [1.165, 1.54) is 6.20 Å². The van der Waals surface area contributed by atoms with Gasteiger partial charge in [-0.05, 0) is 20.8 Å². The molecule has 1 fully saturated rings. The average Bonchev–Trinajstić information content (AvgIpc) is 2.85. The molecule has 1 unspecified atom stereocenters. The van der Waals surface area contributed by atoms with Crippen LogP contribution in [0, 0.1) is 0 Å². The Hall–Kier alpha value is -1.34. The molecule has 21 heavy (non-hydrogen) atoms. The average molecular weight is 309 g/mol. The van der Waals surface area contributed by atoms with Crippen LogP contribution in [0.3, 0.4) is 0 Å². The second-order valence-corrected chi connectivity index (χ2v) is 7.20. The number of rotatable bonds is 1. The Kier molecular flexibility index (Phi) is 3.57. The molecular weight excluding hydrogens is 290 g/mol. The number of nitrogens with zero attached hydrogens (tertiary/aromatic N) is 3. The standard InChI is InChI=1S/C14H19N3O3S/c1-9-7-16(8-14(2,3)20-9)11(18)10-6-15-13-17(12(10)19)4-5-21-13/h6,9H,4-5,7-8H2,1-3H3. The molecule has 0 N–H and O–H groups in total. The van der Waals surface area contributed by atoms with E-state index in [9.17, 15) is 9.59 Å². The monoisotopic (exact) mass is 309 g/mol. The maximum atomic E-state index is 12.7. The van der Waals surface area contributed by atoms with Crippen molar-refractivity contribution in [1.29, 1.82) is 0 Å². The van der Waals surface area contributed by atoms with E-state index < -0.39 is 5.60 Å². The minimum atomic E-state index is -0.399. The smallest absolute Gasteiger partial charge is 0.267 e. The summed E-state index contributed by atoms with van der Waals surface area (Å²) in [6.45, 7) is 7.44. The Morgan fingerprint density at radius 1 is 1.52 bits per heavy atom. The molecule has 114 valence electrons. The molecule has 1 amide bonds. The van der Waals surface area contributed by atoms with Gasteiger partial charge in [-0.25, -0.2) is 4.98 Å². The first-order valence-electron chi connectivity index (χ1n) is 7.07. The molecule has 0 aliphatic carbocycles. The molecule has 2 aliphatic rings. The maximum Gasteiger partial charge on any atom is 0.267 e. The number of morpholine rings is 1. The number of ether oxygens (including phenoxy) is 1. The maximum absolute atomic E-state index is 12.7. The molecule has 1 aromatic rings. The predicted octanol–water partition coefficient (Wildman–Crippen LogP) is 0.988. The van der Waals surface area contributed by atoms with Crippen LogP contribution in [0.5, 0.6) is 0 Å². The Morgan fingerprint density at radius 2 is 2.29 bits per heavy atom. The van der Waals surface area contributed by atoms with Gasteiger partial charge in [0.2, 0.25) is 0 Å². The molecule has 0 saturated carbocycles. The highest BCUT2D eigenvalue weighted by Crippen LogP contribution is 2.23. The van der Waals surface area contributed by atoms with E-state index in [-0.39, 0.29) is 23.1 Å². The molecule has 7 heteroatoms. The zero-order chi connectivity index (χ0) is 15.2. The summed E-state index contributed by atoms with van der Waals surface area (Å²) in [5.74, 6) is 0.588. The second kappa shape index (κ2) is 5.14. The summed E-state index contributed by atoms with van der Waals surface area (Å²) in [6.07, 6.45) is 1.38. The number of hydrogen-bond acceptors (Lipinski definition) is 5. The van der Waals surface area contributed by atoms with Crippen LogP contribution in [0.2, 0.25) is 0 Å². The van der Waals surface area contributed by atoms with Crippen molar-refractivity contribution in [3.8, 4) is 0 Å². The fourth-order valence-corrected chi connectivity index (χ4v) is 3.86. The fourth-order valence-electron chi connectivity index (χ4n) is 2.94. The third kappa shape index (κ3) is 2.72. The van der Waals surface area contributed by atoms with Crippen LogP contribution in [0.4, 0.5) is 0 Å². The lowest BCUT2D eigenvalue weighted by atomic mass is 10.0. The summed E-state index contributed by atoms with van der Waals surface area (Å²) in [5, 5.41) is 0.701. The SMILES string of the molecule is CC1CN(C(=O)c2cnc3n(c2=O)CCS3)CC(C)(C)O1. The molecule has 1 aromatic heterocycles. The molecule has 2 aliphatic heterocycles. The summed E-state index contributed by atoms with van der Waals surface area (Å²) in [4.78, 5) is 31.0. The molecule has 0 radical (unpaired) electrons. The van der Waals surface area contributed by atoms with Crippen molar-refractivity contribution >= 4 is 17.7 Å². The van der Waals surface area contributed by atoms with E-state index in [1.807, 2.05) is 20.8 Å². The molecule has 0 bridgehead atoms. The van der Waals surface area contributed by atoms with Crippen LogP contribution in [-0.4, -0.2) is 50.9 Å². The number of carbonyl (C=O) groups excluding carboxylic acids is 1. The van der Waals surface area contributed by atoms with E-state index in [0.717, 1.165) is 5.75 Å². The molecular formula is C14H19N3O3S. The molecule has 3 rings (SSSR count). The molecule has 1 atom stereocenters. The van der Waals surface area contributed by atoms with Crippen LogP contribution in [0.25, 0.3) is 0 Å². The summed E-state index contributed by atoms with van der Waals surface area (Å²) in [7, 11) is 0. The minimum Gasteiger partial charge on any atom is -0.369 e. The van der Waals surface area contributed by atoms with Crippen molar-refractivity contribution in [1.82, 2.24) is 14.5 Å². The quantitative estimate of drug-likeness (QED) is 0.724. The number of carbonyl (C=O) groups is 1. The predicted molar refractivity (Wildman–Crippen MR) is 79.8 cm³/mol. The zero-order valence-corrected chi connectivity index (χ0v) is 13.3. The van der Waals surface area contributed by atoms with Gasteiger partial charge in [0.15, 0.2) is 5.16 Å². The van der Waals surface area contributed by atoms with Crippen LogP contribution in [-0.2, 0) is 11.3 Å². The number of aromatic nitrogens is 2. The van der Waals surface area contributed by atoms with E-state index in [4.69, 9.17) is 4.74 Å². The van der Waals surface area contributed by atoms with Crippen LogP contribution < -0.4 is 5.56 Å². The summed E-state index contributed by atoms with van der Waals surface area (Å²) in [5.41, 5.74) is -0.470. The van der Waals surface area contributed by atoms with Gasteiger partial charge in [-0.1, -0.05) is 11.8 Å². The molecule has 6 nitrogen and oxygen atoms in total. The first-order chi connectivity index (χ1) is 9.87. The highest BCUT2D eigenvalue weighted by molar-refractivity contribution is 7.99. The Morgan fingerprint density at radius 3 is 3.00 bits per heavy atom. The fraction of sp³-hybridized carbons (Fsp3) is 0.643. The van der Waals surface area contributed by atoms with Crippen LogP contribution >= 0.6 is 11.8 Å². The van der Waals surface area contributed by atoms with Crippen molar-refractivity contribution in [2.24, 2.45) is 0 Å². The Bertz CT molecular complexity index is 641. The van der Waals surface area contributed by atoms with E-state index in [2.05, 4.69) is 4.98 Å². The normalized spacial score (nSPS) is 24.0. The first kappa shape index (κ1) is 14.6. The first-order valence-corrected chi connectivity index (χ1v) is 8.06. The molecule has 1 saturated heterocycles. The van der Waals surface area contributed by atoms with Gasteiger partial charge >= 0.3 is 0 Å². The van der Waals surface area contributed by atoms with Gasteiger partial charge in [-0.3, -0.25) is 14.2 Å². The summed E-state index contributed by atoms with van der Waals surface area (Å²) in [6, 6.07) is 0. The van der Waals surface area contributed by atoms with E-state index in [1.54, 1.807) is 21.2 Å². The summed E-state index contributed by atoms with van der Waals surface area (Å²) < 4.78 is 7.39. The van der Waals surface area contributed by atoms with Crippen molar-refractivity contribution in [2.45, 2.75) is 44.2 Å². The highest BCUT2D eigenvalue weighted by atomic mass is 32.2. The Balaban J connectivity index is 1.91. The van der Waals surface area contributed by atoms with Gasteiger partial charge < -0.3 is 9.64 Å². The van der Waals surface area contributed by atoms with Crippen molar-refractivity contribution in [3.63, 3.8) is 0 Å². The topological polar surface area (TPSA) is 64.4 Å². The van der Waals surface area contributed by atoms with Gasteiger partial charge in [0.05, 0.1) is 11.7 Å². The van der Waals surface area contributed by atoms with E-state index >= 15 is 0 Å². The lowest BCUT2D eigenvalue weighted by Crippen LogP contribution is -2.54. The van der Waals surface area contributed by atoms with Gasteiger partial charge in [-0.15, -0.1) is 0 Å². The van der Waals surface area contributed by atoms with Crippen LogP contribution in [0.15, 0.2) is 16.1 Å². The number of hydrogen-bond donors (Lipinski definition) is 0. The number of amides is 1. The lowest BCUT2D eigenvalue weighted by Gasteiger charge is -2.41. The van der Waals surface area contributed by atoms with Gasteiger partial charge in [0.25, 0.3) is 11.5 Å². The highest BCUT2D eigenvalue weighted by Gasteiger charge is 2.35. The van der Waals surface area contributed by atoms with Gasteiger partial charge in [0, 0.05) is 31.6 Å². The van der Waals surface area contributed by atoms with Gasteiger partial charge in [0.1, 0.15) is 5.56 Å². The lowest BCUT2D eigenvalue weighted by molar-refractivity contribution is -0.118. The van der Waals surface area contributed by atoms with E-state index in [0.29, 0.717) is 24.8 Å². The van der Waals surface area contributed by atoms with Crippen LogP contribution in [0.1, 0.15) is 31.1 Å². The van der Waals surface area contributed by atoms with Crippen molar-refractivity contribution < 1.29 is 9.53 Å². The van der Waals surface area contributed by atoms with Gasteiger partial charge in [-0.2, -0.15) is 0 Å². The minimum absolute atomic E-state index is 0.0432.